The number of hydrogen-bond donors (Lipinski definition) is 3. The lowest BCUT2D eigenvalue weighted by molar-refractivity contribution is -0.134. The van der Waals surface area contributed by atoms with Gasteiger partial charge >= 0.3 is 0 Å². The van der Waals surface area contributed by atoms with Crippen molar-refractivity contribution in [1.29, 1.82) is 0 Å². The maximum Gasteiger partial charge on any atom is 0.300 e. The summed E-state index contributed by atoms with van der Waals surface area (Å²) >= 11 is 0. The molecule has 5 heteroatoms. The Labute approximate surface area is 61.5 Å². The van der Waals surface area contributed by atoms with E-state index in [1.165, 1.54) is 0 Å². The summed E-state index contributed by atoms with van der Waals surface area (Å²) in [5.74, 6) is -0.833. The van der Waals surface area contributed by atoms with Gasteiger partial charge in [-0.25, -0.2) is 0 Å². The third kappa shape index (κ3) is 648. The van der Waals surface area contributed by atoms with Crippen molar-refractivity contribution < 1.29 is 9.90 Å². The zero-order chi connectivity index (χ0) is 5.58. The Kier molecular flexibility index (Phi) is 230. The average molecular weight is 159 g/mol. The molecule has 0 bridgehead atoms. The van der Waals surface area contributed by atoms with Crippen LogP contribution >= 0.6 is 12.4 Å². The second-order valence-electron chi connectivity index (χ2n) is 0.519. The number of carboxylic acids is 1. The topological polar surface area (TPSA) is 107 Å². The summed E-state index contributed by atoms with van der Waals surface area (Å²) in [6, 6.07) is 0. The van der Waals surface area contributed by atoms with Crippen molar-refractivity contribution >= 4 is 18.4 Å². The van der Waals surface area contributed by atoms with Crippen LogP contribution in [0, 0.1) is 0 Å². The number of aliphatic carboxylic acids is 1. The molecular weight excluding hydrogens is 144 g/mol. The van der Waals surface area contributed by atoms with Gasteiger partial charge in [0.1, 0.15) is 0 Å². The summed E-state index contributed by atoms with van der Waals surface area (Å²) in [5.41, 5.74) is 0. The van der Waals surface area contributed by atoms with Crippen LogP contribution in [0.5, 0.6) is 0 Å². The molecule has 0 spiro atoms. The van der Waals surface area contributed by atoms with Crippen molar-refractivity contribution in [2.24, 2.45) is 0 Å². The molecule has 0 saturated carbocycles. The normalized spacial score (nSPS) is 3.22. The van der Waals surface area contributed by atoms with Crippen LogP contribution in [-0.2, 0) is 4.79 Å². The van der Waals surface area contributed by atoms with Gasteiger partial charge in [0.15, 0.2) is 0 Å². The molecule has 0 aliphatic rings. The Morgan fingerprint density at radius 3 is 1.33 bits per heavy atom. The van der Waals surface area contributed by atoms with Crippen LogP contribution in [0.4, 0.5) is 0 Å². The van der Waals surface area contributed by atoms with Gasteiger partial charge in [0.05, 0.1) is 0 Å². The zero-order valence-corrected chi connectivity index (χ0v) is 6.41. The number of halogens is 1. The Morgan fingerprint density at radius 2 is 1.33 bits per heavy atom. The molecule has 0 fully saturated rings. The lowest BCUT2D eigenvalue weighted by Gasteiger charge is -1.59. The molecule has 4 nitrogen and oxygen atoms in total. The van der Waals surface area contributed by atoms with Gasteiger partial charge in [0.25, 0.3) is 5.97 Å². The van der Waals surface area contributed by atoms with Gasteiger partial charge in [0.2, 0.25) is 0 Å². The van der Waals surface area contributed by atoms with E-state index in [9.17, 15) is 0 Å². The Morgan fingerprint density at radius 1 is 1.33 bits per heavy atom. The first-order valence-electron chi connectivity index (χ1n) is 1.43. The van der Waals surface area contributed by atoms with Crippen molar-refractivity contribution in [1.82, 2.24) is 12.3 Å². The van der Waals surface area contributed by atoms with E-state index >= 15 is 0 Å². The molecule has 7 N–H and O–H groups in total. The first-order valence-corrected chi connectivity index (χ1v) is 1.43. The molecule has 0 unspecified atom stereocenters. The van der Waals surface area contributed by atoms with Crippen LogP contribution in [0.25, 0.3) is 0 Å². The van der Waals surface area contributed by atoms with Crippen molar-refractivity contribution in [2.75, 3.05) is 0 Å². The number of rotatable bonds is 0. The van der Waals surface area contributed by atoms with E-state index in [-0.39, 0.29) is 24.7 Å². The SMILES string of the molecule is C=C.CC(=O)O.Cl.N.N. The minimum atomic E-state index is -0.833. The zero-order valence-electron chi connectivity index (χ0n) is 5.59. The molecule has 0 aromatic carbocycles. The Bertz CT molecular complexity index is 47.8. The van der Waals surface area contributed by atoms with Crippen LogP contribution in [0.1, 0.15) is 6.92 Å². The molecule has 9 heavy (non-hydrogen) atoms. The highest BCUT2D eigenvalue weighted by molar-refractivity contribution is 5.85. The van der Waals surface area contributed by atoms with Crippen molar-refractivity contribution in [3.63, 3.8) is 0 Å². The molecule has 0 aliphatic heterocycles. The van der Waals surface area contributed by atoms with E-state index in [4.69, 9.17) is 9.90 Å². The number of carbonyl (C=O) groups is 1. The molecule has 0 radical (unpaired) electrons. The van der Waals surface area contributed by atoms with E-state index in [1.807, 2.05) is 0 Å². The predicted molar refractivity (Wildman–Crippen MR) is 41.9 cm³/mol. The van der Waals surface area contributed by atoms with Crippen molar-refractivity contribution in [2.45, 2.75) is 6.92 Å². The monoisotopic (exact) mass is 158 g/mol. The van der Waals surface area contributed by atoms with E-state index < -0.39 is 5.97 Å². The average Bonchev–Trinajstić information content (AvgIpc) is 1.41. The largest absolute Gasteiger partial charge is 0.481 e. The molecule has 0 aromatic heterocycles. The Hall–Kier alpha value is -0.580. The summed E-state index contributed by atoms with van der Waals surface area (Å²) in [4.78, 5) is 9.00. The predicted octanol–water partition coefficient (Wildman–Crippen LogP) is 1.64. The third-order valence-electron chi connectivity index (χ3n) is 0. The summed E-state index contributed by atoms with van der Waals surface area (Å²) in [6.45, 7) is 7.08. The van der Waals surface area contributed by atoms with Gasteiger partial charge in [-0.3, -0.25) is 4.79 Å². The minimum Gasteiger partial charge on any atom is -0.481 e. The van der Waals surface area contributed by atoms with Gasteiger partial charge in [-0.2, -0.15) is 0 Å². The molecule has 60 valence electrons. The van der Waals surface area contributed by atoms with Gasteiger partial charge in [0, 0.05) is 6.92 Å². The summed E-state index contributed by atoms with van der Waals surface area (Å²) in [7, 11) is 0. The smallest absolute Gasteiger partial charge is 0.300 e. The van der Waals surface area contributed by atoms with E-state index in [0.717, 1.165) is 6.92 Å². The Balaban J connectivity index is -0.00000000990. The fraction of sp³-hybridized carbons (Fsp3) is 0.250. The first kappa shape index (κ1) is 39.6. The second-order valence-corrected chi connectivity index (χ2v) is 0.519. The van der Waals surface area contributed by atoms with Crippen LogP contribution in [0.15, 0.2) is 13.2 Å². The van der Waals surface area contributed by atoms with E-state index in [1.54, 1.807) is 0 Å². The standard InChI is InChI=1S/C2H4O2.C2H4.ClH.2H3N/c1-2(3)4;1-2;;;/h1H3,(H,3,4);1-2H2;1H;2*1H3. The quantitative estimate of drug-likeness (QED) is 0.466. The van der Waals surface area contributed by atoms with Crippen LogP contribution in [-0.4, -0.2) is 11.1 Å². The second kappa shape index (κ2) is 52.2. The fourth-order valence-corrected chi connectivity index (χ4v) is 0. The summed E-state index contributed by atoms with van der Waals surface area (Å²) in [6.07, 6.45) is 0. The maximum atomic E-state index is 9.00. The van der Waals surface area contributed by atoms with Gasteiger partial charge < -0.3 is 17.4 Å². The fourth-order valence-electron chi connectivity index (χ4n) is 0. The van der Waals surface area contributed by atoms with Gasteiger partial charge in [-0.1, -0.05) is 0 Å². The van der Waals surface area contributed by atoms with Gasteiger partial charge in [-0.05, 0) is 0 Å². The molecule has 0 rings (SSSR count). The maximum absolute atomic E-state index is 9.00. The lowest BCUT2D eigenvalue weighted by atomic mass is 10.9. The molecule has 0 atom stereocenters. The van der Waals surface area contributed by atoms with Crippen molar-refractivity contribution in [3.8, 4) is 0 Å². The molecule has 0 aromatic rings. The van der Waals surface area contributed by atoms with Crippen LogP contribution < -0.4 is 12.3 Å². The third-order valence-corrected chi connectivity index (χ3v) is 0. The first-order chi connectivity index (χ1) is 2.73. The molecule has 0 amide bonds. The summed E-state index contributed by atoms with van der Waals surface area (Å²) < 4.78 is 0. The lowest BCUT2D eigenvalue weighted by Crippen LogP contribution is -1.78. The molecule has 0 heterocycles. The van der Waals surface area contributed by atoms with Crippen LogP contribution in [0.2, 0.25) is 0 Å². The van der Waals surface area contributed by atoms with Crippen molar-refractivity contribution in [3.05, 3.63) is 13.2 Å². The molecular formula is C4H15ClN2O2. The highest BCUT2D eigenvalue weighted by atomic mass is 35.5. The highest BCUT2D eigenvalue weighted by Gasteiger charge is 1.65. The van der Waals surface area contributed by atoms with E-state index in [0.29, 0.717) is 0 Å². The van der Waals surface area contributed by atoms with E-state index in [2.05, 4.69) is 13.2 Å². The summed E-state index contributed by atoms with van der Waals surface area (Å²) in [5, 5.41) is 7.42. The highest BCUT2D eigenvalue weighted by Crippen LogP contribution is 1.42. The molecule has 0 aliphatic carbocycles. The van der Waals surface area contributed by atoms with Gasteiger partial charge in [-0.15, -0.1) is 25.6 Å². The molecule has 0 saturated heterocycles. The van der Waals surface area contributed by atoms with Crippen LogP contribution in [0.3, 0.4) is 0 Å². The number of carboxylic acid groups (broad SMARTS) is 1. The minimum absolute atomic E-state index is 0. The number of hydrogen-bond acceptors (Lipinski definition) is 3.